The molecular formula is C8H10BrN5S. The van der Waals surface area contributed by atoms with Crippen LogP contribution in [0, 0.1) is 0 Å². The second-order valence-electron chi connectivity index (χ2n) is 2.64. The molecule has 1 aromatic carbocycles. The fourth-order valence-electron chi connectivity index (χ4n) is 0.872. The summed E-state index contributed by atoms with van der Waals surface area (Å²) in [6.07, 6.45) is 0. The van der Waals surface area contributed by atoms with Gasteiger partial charge in [0.2, 0.25) is 5.96 Å². The second-order valence-corrected chi connectivity index (χ2v) is 4.04. The number of thiol groups is 1. The first-order valence-electron chi connectivity index (χ1n) is 3.91. The molecule has 0 aliphatic heterocycles. The SMILES string of the molecule is NC(N)=NC(N)=Nc1ccc(Br)cc1S. The number of hydrogen-bond donors (Lipinski definition) is 4. The van der Waals surface area contributed by atoms with Crippen molar-refractivity contribution in [3.8, 4) is 0 Å². The maximum absolute atomic E-state index is 5.47. The van der Waals surface area contributed by atoms with Gasteiger partial charge in [-0.25, -0.2) is 4.99 Å². The Balaban J connectivity index is 3.03. The highest BCUT2D eigenvalue weighted by molar-refractivity contribution is 9.10. The molecule has 0 spiro atoms. The molecule has 0 aliphatic rings. The predicted molar refractivity (Wildman–Crippen MR) is 68.5 cm³/mol. The Morgan fingerprint density at radius 1 is 1.27 bits per heavy atom. The zero-order chi connectivity index (χ0) is 11.4. The van der Waals surface area contributed by atoms with Gasteiger partial charge in [-0.05, 0) is 18.2 Å². The number of nitrogens with two attached hydrogens (primary N) is 3. The van der Waals surface area contributed by atoms with Crippen molar-refractivity contribution in [1.29, 1.82) is 0 Å². The average molecular weight is 288 g/mol. The third kappa shape index (κ3) is 3.80. The minimum Gasteiger partial charge on any atom is -0.370 e. The lowest BCUT2D eigenvalue weighted by Gasteiger charge is -2.00. The monoisotopic (exact) mass is 287 g/mol. The van der Waals surface area contributed by atoms with Gasteiger partial charge in [0.05, 0.1) is 5.69 Å². The van der Waals surface area contributed by atoms with Crippen LogP contribution < -0.4 is 17.2 Å². The van der Waals surface area contributed by atoms with E-state index in [0.717, 1.165) is 4.47 Å². The molecule has 0 heterocycles. The van der Waals surface area contributed by atoms with Crippen LogP contribution in [0.5, 0.6) is 0 Å². The van der Waals surface area contributed by atoms with E-state index >= 15 is 0 Å². The predicted octanol–water partition coefficient (Wildman–Crippen LogP) is 0.957. The minimum absolute atomic E-state index is 0.00683. The molecule has 0 amide bonds. The summed E-state index contributed by atoms with van der Waals surface area (Å²) < 4.78 is 0.909. The highest BCUT2D eigenvalue weighted by atomic mass is 79.9. The van der Waals surface area contributed by atoms with Gasteiger partial charge in [-0.15, -0.1) is 12.6 Å². The van der Waals surface area contributed by atoms with E-state index in [2.05, 4.69) is 38.5 Å². The standard InChI is InChI=1S/C8H10BrN5S/c9-4-1-2-5(6(15)3-4)13-8(12)14-7(10)11/h1-3,15H,(H6,10,11,12,13,14). The van der Waals surface area contributed by atoms with Gasteiger partial charge in [0, 0.05) is 9.37 Å². The molecule has 0 saturated carbocycles. The highest BCUT2D eigenvalue weighted by Crippen LogP contribution is 2.26. The van der Waals surface area contributed by atoms with E-state index in [-0.39, 0.29) is 11.9 Å². The molecule has 0 bridgehead atoms. The van der Waals surface area contributed by atoms with Crippen molar-refractivity contribution in [3.05, 3.63) is 22.7 Å². The normalized spacial score (nSPS) is 11.2. The van der Waals surface area contributed by atoms with E-state index in [1.54, 1.807) is 12.1 Å². The Morgan fingerprint density at radius 3 is 2.47 bits per heavy atom. The second kappa shape index (κ2) is 5.04. The first kappa shape index (κ1) is 11.9. The molecule has 0 fully saturated rings. The van der Waals surface area contributed by atoms with Crippen LogP contribution in [-0.2, 0) is 0 Å². The third-order valence-electron chi connectivity index (χ3n) is 1.42. The Labute approximate surface area is 101 Å². The van der Waals surface area contributed by atoms with E-state index in [0.29, 0.717) is 10.6 Å². The van der Waals surface area contributed by atoms with E-state index < -0.39 is 0 Å². The van der Waals surface area contributed by atoms with Gasteiger partial charge in [-0.1, -0.05) is 15.9 Å². The van der Waals surface area contributed by atoms with Crippen molar-refractivity contribution in [3.63, 3.8) is 0 Å². The van der Waals surface area contributed by atoms with Crippen LogP contribution in [0.15, 0.2) is 37.6 Å². The van der Waals surface area contributed by atoms with Crippen molar-refractivity contribution in [2.75, 3.05) is 0 Å². The molecular weight excluding hydrogens is 278 g/mol. The van der Waals surface area contributed by atoms with Crippen molar-refractivity contribution in [2.24, 2.45) is 27.2 Å². The third-order valence-corrected chi connectivity index (χ3v) is 2.27. The summed E-state index contributed by atoms with van der Waals surface area (Å²) in [5.41, 5.74) is 16.4. The van der Waals surface area contributed by atoms with E-state index in [4.69, 9.17) is 17.2 Å². The number of rotatable bonds is 1. The number of aliphatic imine (C=N–C) groups is 2. The maximum Gasteiger partial charge on any atom is 0.223 e. The van der Waals surface area contributed by atoms with Crippen LogP contribution in [0.3, 0.4) is 0 Å². The Hall–Kier alpha value is -1.21. The quantitative estimate of drug-likeness (QED) is 0.351. The Kier molecular flexibility index (Phi) is 3.98. The molecule has 0 unspecified atom stereocenters. The molecule has 6 N–H and O–H groups in total. The number of halogens is 1. The molecule has 0 saturated heterocycles. The van der Waals surface area contributed by atoms with Gasteiger partial charge in [0.1, 0.15) is 0 Å². The molecule has 80 valence electrons. The van der Waals surface area contributed by atoms with Gasteiger partial charge in [0.15, 0.2) is 5.96 Å². The molecule has 0 radical (unpaired) electrons. The van der Waals surface area contributed by atoms with Gasteiger partial charge >= 0.3 is 0 Å². The van der Waals surface area contributed by atoms with Crippen LogP contribution in [0.4, 0.5) is 5.69 Å². The van der Waals surface area contributed by atoms with Crippen LogP contribution >= 0.6 is 28.6 Å². The lowest BCUT2D eigenvalue weighted by atomic mass is 10.3. The van der Waals surface area contributed by atoms with Crippen LogP contribution in [0.1, 0.15) is 0 Å². The lowest BCUT2D eigenvalue weighted by molar-refractivity contribution is 1.32. The summed E-state index contributed by atoms with van der Waals surface area (Å²) in [6, 6.07) is 5.37. The van der Waals surface area contributed by atoms with E-state index in [1.807, 2.05) is 6.07 Å². The molecule has 15 heavy (non-hydrogen) atoms. The maximum atomic E-state index is 5.47. The fourth-order valence-corrected chi connectivity index (χ4v) is 1.67. The number of guanidine groups is 2. The smallest absolute Gasteiger partial charge is 0.223 e. The van der Waals surface area contributed by atoms with E-state index in [9.17, 15) is 0 Å². The largest absolute Gasteiger partial charge is 0.370 e. The first-order valence-corrected chi connectivity index (χ1v) is 5.15. The molecule has 0 aliphatic carbocycles. The Bertz CT molecular complexity index is 425. The van der Waals surface area contributed by atoms with Gasteiger partial charge in [0.25, 0.3) is 0 Å². The van der Waals surface area contributed by atoms with Gasteiger partial charge in [-0.3, -0.25) is 0 Å². The van der Waals surface area contributed by atoms with Crippen LogP contribution in [0.25, 0.3) is 0 Å². The Morgan fingerprint density at radius 2 is 1.93 bits per heavy atom. The zero-order valence-electron chi connectivity index (χ0n) is 7.68. The summed E-state index contributed by atoms with van der Waals surface area (Å²) in [6.45, 7) is 0. The number of benzene rings is 1. The molecule has 1 rings (SSSR count). The molecule has 1 aromatic rings. The summed E-state index contributed by atoms with van der Waals surface area (Å²) in [4.78, 5) is 8.26. The first-order chi connectivity index (χ1) is 6.99. The minimum atomic E-state index is -0.130. The van der Waals surface area contributed by atoms with Crippen LogP contribution in [0.2, 0.25) is 0 Å². The van der Waals surface area contributed by atoms with Crippen molar-refractivity contribution < 1.29 is 0 Å². The summed E-state index contributed by atoms with van der Waals surface area (Å²) in [5.74, 6) is -0.137. The molecule has 0 aromatic heterocycles. The van der Waals surface area contributed by atoms with Gasteiger partial charge < -0.3 is 17.2 Å². The molecule has 5 nitrogen and oxygen atoms in total. The topological polar surface area (TPSA) is 103 Å². The highest BCUT2D eigenvalue weighted by Gasteiger charge is 1.99. The summed E-state index contributed by atoms with van der Waals surface area (Å²) in [7, 11) is 0. The number of hydrogen-bond acceptors (Lipinski definition) is 2. The fraction of sp³-hybridized carbons (Fsp3) is 0. The molecule has 7 heteroatoms. The molecule has 0 atom stereocenters. The van der Waals surface area contributed by atoms with Crippen molar-refractivity contribution in [1.82, 2.24) is 0 Å². The summed E-state index contributed by atoms with van der Waals surface area (Å²) in [5, 5.41) is 0. The van der Waals surface area contributed by atoms with Crippen molar-refractivity contribution in [2.45, 2.75) is 4.90 Å². The number of nitrogens with zero attached hydrogens (tertiary/aromatic N) is 2. The summed E-state index contributed by atoms with van der Waals surface area (Å²) >= 11 is 7.54. The zero-order valence-corrected chi connectivity index (χ0v) is 10.2. The van der Waals surface area contributed by atoms with Crippen LogP contribution in [-0.4, -0.2) is 11.9 Å². The van der Waals surface area contributed by atoms with E-state index in [1.165, 1.54) is 0 Å². The lowest BCUT2D eigenvalue weighted by Crippen LogP contribution is -2.26. The van der Waals surface area contributed by atoms with Crippen molar-refractivity contribution >= 4 is 46.2 Å². The van der Waals surface area contributed by atoms with Gasteiger partial charge in [-0.2, -0.15) is 4.99 Å². The average Bonchev–Trinajstić information content (AvgIpc) is 2.08.